The molecular weight excluding hydrogens is 248 g/mol. The zero-order valence-electron chi connectivity index (χ0n) is 10.3. The van der Waals surface area contributed by atoms with Crippen LogP contribution in [-0.2, 0) is 0 Å². The second-order valence-corrected chi connectivity index (χ2v) is 5.44. The first-order valence-corrected chi connectivity index (χ1v) is 6.75. The molecule has 1 saturated heterocycles. The van der Waals surface area contributed by atoms with Crippen molar-refractivity contribution in [2.45, 2.75) is 19.9 Å². The molecule has 3 heterocycles. The van der Waals surface area contributed by atoms with E-state index in [1.165, 1.54) is 11.3 Å². The molecule has 0 radical (unpaired) electrons. The maximum absolute atomic E-state index is 12.0. The third-order valence-electron chi connectivity index (χ3n) is 3.13. The van der Waals surface area contributed by atoms with Crippen LogP contribution in [-0.4, -0.2) is 38.7 Å². The molecule has 1 fully saturated rings. The van der Waals surface area contributed by atoms with Gasteiger partial charge in [-0.15, -0.1) is 11.3 Å². The van der Waals surface area contributed by atoms with Crippen LogP contribution in [0, 0.1) is 13.8 Å². The first-order chi connectivity index (χ1) is 8.65. The maximum Gasteiger partial charge on any atom is 0.264 e. The smallest absolute Gasteiger partial charge is 0.264 e. The summed E-state index contributed by atoms with van der Waals surface area (Å²) in [4.78, 5) is 19.0. The Bertz CT molecular complexity index is 569. The number of hydrogen-bond acceptors (Lipinski definition) is 4. The highest BCUT2D eigenvalue weighted by Gasteiger charge is 2.34. The lowest BCUT2D eigenvalue weighted by Gasteiger charge is -2.39. The highest BCUT2D eigenvalue weighted by Crippen LogP contribution is 2.24. The number of carbonyl (C=O) groups is 1. The Balaban J connectivity index is 1.67. The molecule has 0 spiro atoms. The SMILES string of the molecule is Cc1nc(C)n(C2CN(C(=O)c3cccs3)C2)n1. The minimum Gasteiger partial charge on any atom is -0.334 e. The van der Waals surface area contributed by atoms with E-state index < -0.39 is 0 Å². The second-order valence-electron chi connectivity index (χ2n) is 4.49. The fourth-order valence-corrected chi connectivity index (χ4v) is 2.90. The summed E-state index contributed by atoms with van der Waals surface area (Å²) in [5.41, 5.74) is 0. The van der Waals surface area contributed by atoms with Gasteiger partial charge in [0.15, 0.2) is 0 Å². The third kappa shape index (κ3) is 1.82. The summed E-state index contributed by atoms with van der Waals surface area (Å²) in [6.45, 7) is 5.28. The molecule has 0 bridgehead atoms. The van der Waals surface area contributed by atoms with E-state index in [0.717, 1.165) is 29.6 Å². The first-order valence-electron chi connectivity index (χ1n) is 5.87. The lowest BCUT2D eigenvalue weighted by atomic mass is 10.1. The molecule has 1 aliphatic rings. The van der Waals surface area contributed by atoms with Crippen LogP contribution in [0.3, 0.4) is 0 Å². The van der Waals surface area contributed by atoms with Crippen LogP contribution in [0.25, 0.3) is 0 Å². The molecule has 2 aromatic rings. The lowest BCUT2D eigenvalue weighted by molar-refractivity contribution is 0.0502. The Morgan fingerprint density at radius 3 is 2.78 bits per heavy atom. The first kappa shape index (κ1) is 11.4. The summed E-state index contributed by atoms with van der Waals surface area (Å²) in [6.07, 6.45) is 0. The summed E-state index contributed by atoms with van der Waals surface area (Å²) in [5, 5.41) is 6.28. The fourth-order valence-electron chi connectivity index (χ4n) is 2.21. The number of aryl methyl sites for hydroxylation is 2. The molecule has 0 saturated carbocycles. The van der Waals surface area contributed by atoms with Crippen LogP contribution >= 0.6 is 11.3 Å². The van der Waals surface area contributed by atoms with Crippen molar-refractivity contribution in [3.05, 3.63) is 34.0 Å². The molecule has 1 aliphatic heterocycles. The fraction of sp³-hybridized carbons (Fsp3) is 0.417. The molecular formula is C12H14N4OS. The molecule has 0 unspecified atom stereocenters. The van der Waals surface area contributed by atoms with E-state index in [2.05, 4.69) is 10.1 Å². The van der Waals surface area contributed by atoms with E-state index in [4.69, 9.17) is 0 Å². The standard InChI is InChI=1S/C12H14N4OS/c1-8-13-9(2)16(14-8)10-6-15(7-10)12(17)11-4-3-5-18-11/h3-5,10H,6-7H2,1-2H3. The molecule has 3 rings (SSSR count). The molecule has 0 atom stereocenters. The Morgan fingerprint density at radius 1 is 1.44 bits per heavy atom. The monoisotopic (exact) mass is 262 g/mol. The average Bonchev–Trinajstić information content (AvgIpc) is 2.86. The maximum atomic E-state index is 12.0. The molecule has 0 N–H and O–H groups in total. The number of rotatable bonds is 2. The van der Waals surface area contributed by atoms with Gasteiger partial charge in [0.1, 0.15) is 11.6 Å². The number of nitrogens with zero attached hydrogens (tertiary/aromatic N) is 4. The molecule has 5 nitrogen and oxygen atoms in total. The van der Waals surface area contributed by atoms with Gasteiger partial charge < -0.3 is 4.90 Å². The van der Waals surface area contributed by atoms with E-state index >= 15 is 0 Å². The van der Waals surface area contributed by atoms with Gasteiger partial charge in [0.05, 0.1) is 10.9 Å². The molecule has 18 heavy (non-hydrogen) atoms. The van der Waals surface area contributed by atoms with Gasteiger partial charge in [-0.05, 0) is 25.3 Å². The van der Waals surface area contributed by atoms with Crippen LogP contribution in [0.15, 0.2) is 17.5 Å². The molecule has 94 valence electrons. The Hall–Kier alpha value is -1.69. The average molecular weight is 262 g/mol. The number of carbonyl (C=O) groups excluding carboxylic acids is 1. The van der Waals surface area contributed by atoms with Gasteiger partial charge in [-0.3, -0.25) is 4.79 Å². The summed E-state index contributed by atoms with van der Waals surface area (Å²) >= 11 is 1.49. The lowest BCUT2D eigenvalue weighted by Crippen LogP contribution is -2.51. The third-order valence-corrected chi connectivity index (χ3v) is 3.99. The summed E-state index contributed by atoms with van der Waals surface area (Å²) in [6, 6.07) is 4.04. The number of likely N-dealkylation sites (tertiary alicyclic amines) is 1. The molecule has 0 aromatic carbocycles. The number of hydrogen-bond donors (Lipinski definition) is 0. The highest BCUT2D eigenvalue weighted by molar-refractivity contribution is 7.12. The molecule has 2 aromatic heterocycles. The van der Waals surface area contributed by atoms with Crippen molar-refractivity contribution in [3.8, 4) is 0 Å². The highest BCUT2D eigenvalue weighted by atomic mass is 32.1. The van der Waals surface area contributed by atoms with Gasteiger partial charge in [0.2, 0.25) is 0 Å². The zero-order chi connectivity index (χ0) is 12.7. The van der Waals surface area contributed by atoms with Crippen LogP contribution in [0.2, 0.25) is 0 Å². The molecule has 1 amide bonds. The minimum absolute atomic E-state index is 0.121. The largest absolute Gasteiger partial charge is 0.334 e. The topological polar surface area (TPSA) is 51.0 Å². The van der Waals surface area contributed by atoms with Crippen molar-refractivity contribution in [3.63, 3.8) is 0 Å². The quantitative estimate of drug-likeness (QED) is 0.827. The van der Waals surface area contributed by atoms with E-state index in [1.807, 2.05) is 40.9 Å². The summed E-state index contributed by atoms with van der Waals surface area (Å²) in [5.74, 6) is 1.83. The number of aromatic nitrogens is 3. The Morgan fingerprint density at radius 2 is 2.22 bits per heavy atom. The van der Waals surface area contributed by atoms with E-state index in [-0.39, 0.29) is 11.9 Å². The minimum atomic E-state index is 0.121. The predicted molar refractivity (Wildman–Crippen MR) is 68.8 cm³/mol. The number of amides is 1. The van der Waals surface area contributed by atoms with Crippen molar-refractivity contribution in [2.24, 2.45) is 0 Å². The van der Waals surface area contributed by atoms with Crippen LogP contribution in [0.1, 0.15) is 27.4 Å². The summed E-state index contributed by atoms with van der Waals surface area (Å²) in [7, 11) is 0. The van der Waals surface area contributed by atoms with E-state index in [1.54, 1.807) is 0 Å². The van der Waals surface area contributed by atoms with Gasteiger partial charge in [0.25, 0.3) is 5.91 Å². The van der Waals surface area contributed by atoms with Crippen LogP contribution in [0.5, 0.6) is 0 Å². The normalized spacial score (nSPS) is 15.8. The van der Waals surface area contributed by atoms with Gasteiger partial charge in [0, 0.05) is 13.1 Å². The summed E-state index contributed by atoms with van der Waals surface area (Å²) < 4.78 is 1.92. The van der Waals surface area contributed by atoms with Gasteiger partial charge >= 0.3 is 0 Å². The van der Waals surface area contributed by atoms with Crippen LogP contribution < -0.4 is 0 Å². The predicted octanol–water partition coefficient (Wildman–Crippen LogP) is 1.65. The van der Waals surface area contributed by atoms with Crippen molar-refractivity contribution < 1.29 is 4.79 Å². The van der Waals surface area contributed by atoms with E-state index in [9.17, 15) is 4.79 Å². The zero-order valence-corrected chi connectivity index (χ0v) is 11.1. The van der Waals surface area contributed by atoms with E-state index in [0.29, 0.717) is 0 Å². The van der Waals surface area contributed by atoms with Gasteiger partial charge in [-0.1, -0.05) is 6.07 Å². The molecule has 6 heteroatoms. The van der Waals surface area contributed by atoms with Crippen LogP contribution in [0.4, 0.5) is 0 Å². The van der Waals surface area contributed by atoms with Crippen molar-refractivity contribution in [1.82, 2.24) is 19.7 Å². The second kappa shape index (κ2) is 4.20. The van der Waals surface area contributed by atoms with Gasteiger partial charge in [-0.2, -0.15) is 5.10 Å². The van der Waals surface area contributed by atoms with Gasteiger partial charge in [-0.25, -0.2) is 9.67 Å². The Labute approximate surface area is 109 Å². The van der Waals surface area contributed by atoms with Crippen molar-refractivity contribution in [1.29, 1.82) is 0 Å². The number of thiophene rings is 1. The van der Waals surface area contributed by atoms with Crippen molar-refractivity contribution in [2.75, 3.05) is 13.1 Å². The Kier molecular flexibility index (Phi) is 2.66. The van der Waals surface area contributed by atoms with Crippen molar-refractivity contribution >= 4 is 17.2 Å². The molecule has 0 aliphatic carbocycles.